The smallest absolute Gasteiger partial charge is 0.223 e. The second-order valence-electron chi connectivity index (χ2n) is 2.10. The summed E-state index contributed by atoms with van der Waals surface area (Å²) in [5, 5.41) is 2.52. The van der Waals surface area contributed by atoms with E-state index in [2.05, 4.69) is 15.3 Å². The van der Waals surface area contributed by atoms with Gasteiger partial charge in [0.05, 0.1) is 0 Å². The highest BCUT2D eigenvalue weighted by atomic mass is 16.1. The normalized spacial score (nSPS) is 9.40. The Bertz CT molecular complexity index is 241. The van der Waals surface area contributed by atoms with Gasteiger partial charge in [-0.05, 0) is 6.92 Å². The number of carbonyl (C=O) groups excluding carboxylic acids is 1. The first kappa shape index (κ1) is 6.80. The number of aryl methyl sites for hydroxylation is 1. The number of H-pyrrole nitrogens is 1. The highest BCUT2D eigenvalue weighted by Crippen LogP contribution is 1.98. The predicted molar refractivity (Wildman–Crippen MR) is 37.6 cm³/mol. The largest absolute Gasteiger partial charge is 0.328 e. The number of amides is 1. The van der Waals surface area contributed by atoms with Crippen molar-refractivity contribution in [3.63, 3.8) is 0 Å². The number of aromatic amines is 1. The Morgan fingerprint density at radius 1 is 1.80 bits per heavy atom. The molecule has 0 radical (unpaired) electrons. The molecule has 2 N–H and O–H groups in total. The third-order valence-corrected chi connectivity index (χ3v) is 0.997. The summed E-state index contributed by atoms with van der Waals surface area (Å²) >= 11 is 0. The lowest BCUT2D eigenvalue weighted by atomic mass is 10.6. The Hall–Kier alpha value is -1.32. The quantitative estimate of drug-likeness (QED) is 0.601. The summed E-state index contributed by atoms with van der Waals surface area (Å²) < 4.78 is 0. The fraction of sp³-hybridized carbons (Fsp3) is 0.333. The number of carbonyl (C=O) groups is 1. The molecule has 0 spiro atoms. The van der Waals surface area contributed by atoms with Crippen LogP contribution in [0.5, 0.6) is 0 Å². The average Bonchev–Trinajstić information content (AvgIpc) is 2.13. The number of aromatic nitrogens is 2. The molecule has 1 amide bonds. The summed E-state index contributed by atoms with van der Waals surface area (Å²) in [5.41, 5.74) is 0.934. The van der Waals surface area contributed by atoms with Gasteiger partial charge in [-0.1, -0.05) is 0 Å². The molecule has 1 rings (SSSR count). The molecule has 1 aromatic rings. The first-order valence-corrected chi connectivity index (χ1v) is 2.97. The molecule has 0 atom stereocenters. The van der Waals surface area contributed by atoms with Gasteiger partial charge >= 0.3 is 0 Å². The van der Waals surface area contributed by atoms with Crippen molar-refractivity contribution in [2.45, 2.75) is 13.8 Å². The van der Waals surface area contributed by atoms with Gasteiger partial charge in [0.2, 0.25) is 11.9 Å². The highest BCUT2D eigenvalue weighted by molar-refractivity contribution is 5.86. The minimum atomic E-state index is -0.116. The number of hydrogen-bond acceptors (Lipinski definition) is 2. The van der Waals surface area contributed by atoms with Gasteiger partial charge in [0, 0.05) is 18.8 Å². The number of nitrogens with one attached hydrogen (secondary N) is 2. The first-order valence-electron chi connectivity index (χ1n) is 2.97. The molecule has 0 saturated heterocycles. The molecule has 0 fully saturated rings. The van der Waals surface area contributed by atoms with E-state index in [0.29, 0.717) is 5.95 Å². The monoisotopic (exact) mass is 139 g/mol. The van der Waals surface area contributed by atoms with Crippen LogP contribution in [-0.4, -0.2) is 15.9 Å². The van der Waals surface area contributed by atoms with E-state index < -0.39 is 0 Å². The molecule has 0 bridgehead atoms. The zero-order valence-electron chi connectivity index (χ0n) is 5.93. The summed E-state index contributed by atoms with van der Waals surface area (Å²) in [7, 11) is 0. The van der Waals surface area contributed by atoms with Gasteiger partial charge in [0.25, 0.3) is 0 Å². The Kier molecular flexibility index (Phi) is 1.71. The van der Waals surface area contributed by atoms with E-state index >= 15 is 0 Å². The van der Waals surface area contributed by atoms with Gasteiger partial charge in [-0.15, -0.1) is 0 Å². The first-order chi connectivity index (χ1) is 4.68. The Morgan fingerprint density at radius 2 is 2.50 bits per heavy atom. The second-order valence-corrected chi connectivity index (χ2v) is 2.10. The molecule has 4 heteroatoms. The lowest BCUT2D eigenvalue weighted by molar-refractivity contribution is -0.114. The van der Waals surface area contributed by atoms with Crippen LogP contribution < -0.4 is 5.32 Å². The van der Waals surface area contributed by atoms with E-state index in [1.54, 1.807) is 6.20 Å². The molecule has 0 unspecified atom stereocenters. The van der Waals surface area contributed by atoms with Gasteiger partial charge in [-0.2, -0.15) is 0 Å². The standard InChI is InChI=1S/C6H9N3O/c1-4-3-7-6(8-4)9-5(2)10/h3H,1-2H3,(H2,7,8,9,10). The van der Waals surface area contributed by atoms with Crippen molar-refractivity contribution in [1.82, 2.24) is 9.97 Å². The van der Waals surface area contributed by atoms with Gasteiger partial charge in [-0.3, -0.25) is 10.1 Å². The van der Waals surface area contributed by atoms with E-state index in [4.69, 9.17) is 0 Å². The summed E-state index contributed by atoms with van der Waals surface area (Å²) in [5.74, 6) is 0.388. The number of hydrogen-bond donors (Lipinski definition) is 2. The van der Waals surface area contributed by atoms with Crippen molar-refractivity contribution in [1.29, 1.82) is 0 Å². The maximum atomic E-state index is 10.5. The Morgan fingerprint density at radius 3 is 2.90 bits per heavy atom. The minimum absolute atomic E-state index is 0.116. The zero-order chi connectivity index (χ0) is 7.56. The van der Waals surface area contributed by atoms with E-state index in [1.807, 2.05) is 6.92 Å². The predicted octanol–water partition coefficient (Wildman–Crippen LogP) is 0.677. The third-order valence-electron chi connectivity index (χ3n) is 0.997. The number of anilines is 1. The van der Waals surface area contributed by atoms with Crippen molar-refractivity contribution in [2.24, 2.45) is 0 Å². The van der Waals surface area contributed by atoms with Crippen LogP contribution in [-0.2, 0) is 4.79 Å². The average molecular weight is 139 g/mol. The Labute approximate surface area is 58.7 Å². The van der Waals surface area contributed by atoms with Crippen molar-refractivity contribution in [3.8, 4) is 0 Å². The van der Waals surface area contributed by atoms with Crippen molar-refractivity contribution < 1.29 is 4.79 Å². The second kappa shape index (κ2) is 2.51. The van der Waals surface area contributed by atoms with E-state index in [9.17, 15) is 4.79 Å². The van der Waals surface area contributed by atoms with Crippen LogP contribution in [0.4, 0.5) is 5.95 Å². The van der Waals surface area contributed by atoms with E-state index in [1.165, 1.54) is 6.92 Å². The summed E-state index contributed by atoms with van der Waals surface area (Å²) in [6.45, 7) is 3.32. The maximum Gasteiger partial charge on any atom is 0.223 e. The van der Waals surface area contributed by atoms with E-state index in [0.717, 1.165) is 5.69 Å². The van der Waals surface area contributed by atoms with Crippen molar-refractivity contribution in [3.05, 3.63) is 11.9 Å². The summed E-state index contributed by atoms with van der Waals surface area (Å²) in [4.78, 5) is 17.2. The molecule has 0 aliphatic rings. The molecule has 0 saturated carbocycles. The molecular formula is C6H9N3O. The van der Waals surface area contributed by atoms with Crippen LogP contribution in [0.1, 0.15) is 12.6 Å². The third kappa shape index (κ3) is 1.58. The SMILES string of the molecule is CC(=O)Nc1ncc(C)[nH]1. The molecule has 54 valence electrons. The van der Waals surface area contributed by atoms with Crippen LogP contribution in [0.15, 0.2) is 6.20 Å². The van der Waals surface area contributed by atoms with Crippen molar-refractivity contribution >= 4 is 11.9 Å². The lowest BCUT2D eigenvalue weighted by Gasteiger charge is -1.92. The van der Waals surface area contributed by atoms with Gasteiger partial charge < -0.3 is 4.98 Å². The molecule has 0 aromatic carbocycles. The molecule has 1 aromatic heterocycles. The van der Waals surface area contributed by atoms with Gasteiger partial charge in [-0.25, -0.2) is 4.98 Å². The van der Waals surface area contributed by atoms with Crippen LogP contribution >= 0.6 is 0 Å². The highest BCUT2D eigenvalue weighted by Gasteiger charge is 1.96. The molecule has 0 aliphatic heterocycles. The van der Waals surface area contributed by atoms with Crippen LogP contribution in [0.25, 0.3) is 0 Å². The Balaban J connectivity index is 2.67. The van der Waals surface area contributed by atoms with Crippen LogP contribution in [0.3, 0.4) is 0 Å². The van der Waals surface area contributed by atoms with Crippen LogP contribution in [0.2, 0.25) is 0 Å². The van der Waals surface area contributed by atoms with E-state index in [-0.39, 0.29) is 5.91 Å². The van der Waals surface area contributed by atoms with Gasteiger partial charge in [0.15, 0.2) is 0 Å². The lowest BCUT2D eigenvalue weighted by Crippen LogP contribution is -2.06. The molecule has 4 nitrogen and oxygen atoms in total. The molecular weight excluding hydrogens is 130 g/mol. The van der Waals surface area contributed by atoms with Crippen molar-refractivity contribution in [2.75, 3.05) is 5.32 Å². The number of rotatable bonds is 1. The molecule has 1 heterocycles. The fourth-order valence-electron chi connectivity index (χ4n) is 0.643. The minimum Gasteiger partial charge on any atom is -0.328 e. The number of nitrogens with zero attached hydrogens (tertiary/aromatic N) is 1. The topological polar surface area (TPSA) is 57.8 Å². The zero-order valence-corrected chi connectivity index (χ0v) is 5.93. The molecule has 10 heavy (non-hydrogen) atoms. The summed E-state index contributed by atoms with van der Waals surface area (Å²) in [6.07, 6.45) is 1.66. The van der Waals surface area contributed by atoms with Crippen LogP contribution in [0, 0.1) is 6.92 Å². The molecule has 0 aliphatic carbocycles. The summed E-state index contributed by atoms with van der Waals surface area (Å²) in [6, 6.07) is 0. The number of imidazole rings is 1. The van der Waals surface area contributed by atoms with Gasteiger partial charge in [0.1, 0.15) is 0 Å². The maximum absolute atomic E-state index is 10.5. The fourth-order valence-corrected chi connectivity index (χ4v) is 0.643.